The summed E-state index contributed by atoms with van der Waals surface area (Å²) >= 11 is 1.10. The third kappa shape index (κ3) is 3.96. The summed E-state index contributed by atoms with van der Waals surface area (Å²) in [5.41, 5.74) is 11.4. The van der Waals surface area contributed by atoms with Crippen LogP contribution in [0.2, 0.25) is 0 Å². The highest BCUT2D eigenvalue weighted by Gasteiger charge is 2.22. The van der Waals surface area contributed by atoms with Crippen LogP contribution >= 0.6 is 11.3 Å². The number of aryl methyl sites for hydroxylation is 1. The lowest BCUT2D eigenvalue weighted by atomic mass is 9.86. The first-order chi connectivity index (χ1) is 13.5. The zero-order valence-corrected chi connectivity index (χ0v) is 16.7. The molecule has 0 spiro atoms. The van der Waals surface area contributed by atoms with Gasteiger partial charge in [0.2, 0.25) is 0 Å². The molecule has 1 aromatic heterocycles. The molecule has 1 aliphatic heterocycles. The fourth-order valence-corrected chi connectivity index (χ4v) is 4.84. The Labute approximate surface area is 168 Å². The second-order valence-corrected chi connectivity index (χ2v) is 8.47. The van der Waals surface area contributed by atoms with Crippen molar-refractivity contribution in [2.75, 3.05) is 18.8 Å². The fraction of sp³-hybridized carbons (Fsp3) is 0.304. The summed E-state index contributed by atoms with van der Waals surface area (Å²) in [4.78, 5) is 2.82. The topological polar surface area (TPSA) is 29.3 Å². The minimum absolute atomic E-state index is 0.363. The minimum atomic E-state index is -0.776. The van der Waals surface area contributed by atoms with Crippen LogP contribution in [-0.4, -0.2) is 18.0 Å². The molecule has 0 saturated carbocycles. The van der Waals surface area contributed by atoms with Gasteiger partial charge in [-0.2, -0.15) is 0 Å². The van der Waals surface area contributed by atoms with Crippen molar-refractivity contribution in [1.82, 2.24) is 4.90 Å². The number of rotatable bonds is 4. The predicted molar refractivity (Wildman–Crippen MR) is 113 cm³/mol. The van der Waals surface area contributed by atoms with Gasteiger partial charge in [-0.3, -0.25) is 4.90 Å². The molecule has 3 aromatic rings. The Morgan fingerprint density at radius 2 is 1.79 bits per heavy atom. The first kappa shape index (κ1) is 19.1. The van der Waals surface area contributed by atoms with Gasteiger partial charge in [-0.05, 0) is 73.2 Å². The van der Waals surface area contributed by atoms with Gasteiger partial charge in [0.15, 0.2) is 11.6 Å². The van der Waals surface area contributed by atoms with Gasteiger partial charge in [-0.25, -0.2) is 8.78 Å². The van der Waals surface area contributed by atoms with Crippen LogP contribution in [0.15, 0.2) is 47.8 Å². The SMILES string of the molecule is Cc1ccc(N)cc1C1CCN(Cc2ccc(-c3scc(F)c3F)cc2)CC1. The van der Waals surface area contributed by atoms with Crippen molar-refractivity contribution in [3.63, 3.8) is 0 Å². The van der Waals surface area contributed by atoms with Crippen LogP contribution in [0.3, 0.4) is 0 Å². The molecule has 2 aromatic carbocycles. The van der Waals surface area contributed by atoms with E-state index in [0.717, 1.165) is 55.1 Å². The minimum Gasteiger partial charge on any atom is -0.399 e. The first-order valence-corrected chi connectivity index (χ1v) is 10.5. The van der Waals surface area contributed by atoms with Gasteiger partial charge in [-0.15, -0.1) is 11.3 Å². The molecule has 0 amide bonds. The lowest BCUT2D eigenvalue weighted by Gasteiger charge is -2.33. The van der Waals surface area contributed by atoms with Gasteiger partial charge in [0, 0.05) is 17.6 Å². The predicted octanol–water partition coefficient (Wildman–Crippen LogP) is 5.96. The number of benzene rings is 2. The van der Waals surface area contributed by atoms with Crippen molar-refractivity contribution in [1.29, 1.82) is 0 Å². The largest absolute Gasteiger partial charge is 0.399 e. The molecule has 1 fully saturated rings. The maximum absolute atomic E-state index is 13.8. The number of hydrogen-bond acceptors (Lipinski definition) is 3. The number of nitrogens with two attached hydrogens (primary N) is 1. The highest BCUT2D eigenvalue weighted by Crippen LogP contribution is 2.33. The Balaban J connectivity index is 1.37. The molecule has 4 rings (SSSR count). The third-order valence-electron chi connectivity index (χ3n) is 5.64. The number of halogens is 2. The van der Waals surface area contributed by atoms with E-state index >= 15 is 0 Å². The van der Waals surface area contributed by atoms with Gasteiger partial charge in [0.05, 0.1) is 4.88 Å². The Morgan fingerprint density at radius 3 is 2.43 bits per heavy atom. The van der Waals surface area contributed by atoms with E-state index in [2.05, 4.69) is 24.0 Å². The molecule has 0 bridgehead atoms. The van der Waals surface area contributed by atoms with E-state index in [1.54, 1.807) is 0 Å². The van der Waals surface area contributed by atoms with Crippen LogP contribution < -0.4 is 5.73 Å². The molecular weight excluding hydrogens is 374 g/mol. The summed E-state index contributed by atoms with van der Waals surface area (Å²) in [6, 6.07) is 14.0. The molecule has 2 heterocycles. The van der Waals surface area contributed by atoms with Crippen molar-refractivity contribution in [3.8, 4) is 10.4 Å². The van der Waals surface area contributed by atoms with E-state index < -0.39 is 11.6 Å². The smallest absolute Gasteiger partial charge is 0.177 e. The molecule has 28 heavy (non-hydrogen) atoms. The fourth-order valence-electron chi connectivity index (χ4n) is 4.04. The molecule has 1 saturated heterocycles. The Bertz CT molecular complexity index is 957. The molecule has 0 atom stereocenters. The quantitative estimate of drug-likeness (QED) is 0.549. The second-order valence-electron chi connectivity index (χ2n) is 7.59. The van der Waals surface area contributed by atoms with E-state index in [-0.39, 0.29) is 0 Å². The average molecular weight is 399 g/mol. The molecular formula is C23H24F2N2S. The van der Waals surface area contributed by atoms with Gasteiger partial charge in [-0.1, -0.05) is 30.3 Å². The highest BCUT2D eigenvalue weighted by atomic mass is 32.1. The molecule has 146 valence electrons. The van der Waals surface area contributed by atoms with Crippen molar-refractivity contribution in [2.24, 2.45) is 0 Å². The van der Waals surface area contributed by atoms with E-state index in [9.17, 15) is 8.78 Å². The Hall–Kier alpha value is -2.24. The molecule has 2 N–H and O–H groups in total. The van der Waals surface area contributed by atoms with Gasteiger partial charge in [0.1, 0.15) is 0 Å². The average Bonchev–Trinajstić information content (AvgIpc) is 3.04. The summed E-state index contributed by atoms with van der Waals surface area (Å²) < 4.78 is 27.0. The zero-order valence-electron chi connectivity index (χ0n) is 15.9. The number of piperidine rings is 1. The number of thiophene rings is 1. The van der Waals surface area contributed by atoms with Crippen LogP contribution in [0.4, 0.5) is 14.5 Å². The summed E-state index contributed by atoms with van der Waals surface area (Å²) in [6.07, 6.45) is 2.25. The van der Waals surface area contributed by atoms with E-state index in [0.29, 0.717) is 10.8 Å². The first-order valence-electron chi connectivity index (χ1n) is 9.61. The van der Waals surface area contributed by atoms with Crippen molar-refractivity contribution in [3.05, 3.63) is 76.2 Å². The third-order valence-corrected chi connectivity index (χ3v) is 6.62. The van der Waals surface area contributed by atoms with Gasteiger partial charge in [0.25, 0.3) is 0 Å². The molecule has 5 heteroatoms. The summed E-state index contributed by atoms with van der Waals surface area (Å²) in [7, 11) is 0. The summed E-state index contributed by atoms with van der Waals surface area (Å²) in [6.45, 7) is 5.13. The molecule has 0 aliphatic carbocycles. The second kappa shape index (κ2) is 8.02. The van der Waals surface area contributed by atoms with Gasteiger partial charge >= 0.3 is 0 Å². The van der Waals surface area contributed by atoms with E-state index in [1.165, 1.54) is 22.1 Å². The zero-order chi connectivity index (χ0) is 19.7. The van der Waals surface area contributed by atoms with Crippen molar-refractivity contribution < 1.29 is 8.78 Å². The molecule has 0 unspecified atom stereocenters. The summed E-state index contributed by atoms with van der Waals surface area (Å²) in [5.74, 6) is -0.960. The van der Waals surface area contributed by atoms with Crippen molar-refractivity contribution in [2.45, 2.75) is 32.2 Å². The number of anilines is 1. The molecule has 2 nitrogen and oxygen atoms in total. The molecule has 1 aliphatic rings. The number of nitrogens with zero attached hydrogens (tertiary/aromatic N) is 1. The maximum Gasteiger partial charge on any atom is 0.177 e. The monoisotopic (exact) mass is 398 g/mol. The van der Waals surface area contributed by atoms with Crippen LogP contribution in [0.1, 0.15) is 35.4 Å². The maximum atomic E-state index is 13.8. The highest BCUT2D eigenvalue weighted by molar-refractivity contribution is 7.13. The standard InChI is InChI=1S/C23H24F2N2S/c1-15-2-7-19(26)12-20(15)17-8-10-27(11-9-17)13-16-3-5-18(6-4-16)23-22(25)21(24)14-28-23/h2-7,12,14,17H,8-11,13,26H2,1H3. The Kier molecular flexibility index (Phi) is 5.47. The van der Waals surface area contributed by atoms with Crippen LogP contribution in [0.25, 0.3) is 10.4 Å². The lowest BCUT2D eigenvalue weighted by Crippen LogP contribution is -2.32. The number of nitrogen functional groups attached to an aromatic ring is 1. The normalized spacial score (nSPS) is 15.8. The lowest BCUT2D eigenvalue weighted by molar-refractivity contribution is 0.204. The van der Waals surface area contributed by atoms with Crippen molar-refractivity contribution >= 4 is 17.0 Å². The van der Waals surface area contributed by atoms with Crippen LogP contribution in [0.5, 0.6) is 0 Å². The van der Waals surface area contributed by atoms with E-state index in [1.807, 2.05) is 30.3 Å². The van der Waals surface area contributed by atoms with Gasteiger partial charge < -0.3 is 5.73 Å². The van der Waals surface area contributed by atoms with Crippen LogP contribution in [-0.2, 0) is 6.54 Å². The van der Waals surface area contributed by atoms with Crippen LogP contribution in [0, 0.1) is 18.6 Å². The summed E-state index contributed by atoms with van der Waals surface area (Å²) in [5, 5.41) is 1.21. The number of hydrogen-bond donors (Lipinski definition) is 1. The molecule has 0 radical (unpaired) electrons. The number of likely N-dealkylation sites (tertiary alicyclic amines) is 1. The van der Waals surface area contributed by atoms with E-state index in [4.69, 9.17) is 5.73 Å². The Morgan fingerprint density at radius 1 is 1.07 bits per heavy atom.